The molecule has 4 rings (SSSR count). The molecule has 1 aromatic heterocycles. The second kappa shape index (κ2) is 5.60. The van der Waals surface area contributed by atoms with Crippen molar-refractivity contribution in [1.82, 2.24) is 9.78 Å². The van der Waals surface area contributed by atoms with Gasteiger partial charge in [0.25, 0.3) is 0 Å². The van der Waals surface area contributed by atoms with E-state index in [1.165, 1.54) is 6.07 Å². The third-order valence-corrected chi connectivity index (χ3v) is 4.38. The molecule has 3 aromatic rings. The molecular formula is C19H16FN3O. The summed E-state index contributed by atoms with van der Waals surface area (Å²) in [6.45, 7) is 2.01. The zero-order valence-electron chi connectivity index (χ0n) is 13.2. The molecule has 0 bridgehead atoms. The Balaban J connectivity index is 1.83. The molecule has 0 fully saturated rings. The Hall–Kier alpha value is -2.95. The van der Waals surface area contributed by atoms with E-state index in [1.807, 2.05) is 31.2 Å². The molecule has 1 aliphatic rings. The second-order valence-electron chi connectivity index (χ2n) is 6.02. The number of anilines is 1. The molecule has 120 valence electrons. The Morgan fingerprint density at radius 3 is 2.62 bits per heavy atom. The minimum atomic E-state index is -0.325. The molecule has 1 N–H and O–H groups in total. The van der Waals surface area contributed by atoms with E-state index in [9.17, 15) is 9.18 Å². The molecule has 1 aliphatic heterocycles. The Kier molecular flexibility index (Phi) is 3.41. The first-order valence-corrected chi connectivity index (χ1v) is 7.83. The first kappa shape index (κ1) is 14.6. The quantitative estimate of drug-likeness (QED) is 0.780. The average molecular weight is 321 g/mol. The number of amides is 1. The summed E-state index contributed by atoms with van der Waals surface area (Å²) in [6, 6.07) is 14.5. The Bertz CT molecular complexity index is 915. The lowest BCUT2D eigenvalue weighted by molar-refractivity contribution is -0.116. The van der Waals surface area contributed by atoms with Gasteiger partial charge in [-0.05, 0) is 30.7 Å². The number of carbonyl (C=O) groups is 1. The Morgan fingerprint density at radius 1 is 1.12 bits per heavy atom. The lowest BCUT2D eigenvalue weighted by Gasteiger charge is -2.24. The number of fused-ring (bicyclic) bond motifs is 1. The van der Waals surface area contributed by atoms with Gasteiger partial charge in [-0.1, -0.05) is 35.9 Å². The van der Waals surface area contributed by atoms with Crippen LogP contribution >= 0.6 is 0 Å². The summed E-state index contributed by atoms with van der Waals surface area (Å²) < 4.78 is 15.9. The molecule has 1 amide bonds. The van der Waals surface area contributed by atoms with Crippen molar-refractivity contribution in [3.05, 3.63) is 77.2 Å². The predicted molar refractivity (Wildman–Crippen MR) is 89.8 cm³/mol. The largest absolute Gasteiger partial charge is 0.310 e. The zero-order chi connectivity index (χ0) is 16.7. The monoisotopic (exact) mass is 321 g/mol. The summed E-state index contributed by atoms with van der Waals surface area (Å²) in [5, 5.41) is 7.30. The van der Waals surface area contributed by atoms with Crippen molar-refractivity contribution in [3.63, 3.8) is 0 Å². The van der Waals surface area contributed by atoms with Gasteiger partial charge in [0.05, 0.1) is 11.9 Å². The molecule has 4 nitrogen and oxygen atoms in total. The first-order valence-electron chi connectivity index (χ1n) is 7.83. The van der Waals surface area contributed by atoms with Gasteiger partial charge in [0.1, 0.15) is 11.6 Å². The molecule has 0 aliphatic carbocycles. The first-order chi connectivity index (χ1) is 11.6. The fourth-order valence-corrected chi connectivity index (χ4v) is 3.14. The minimum absolute atomic E-state index is 0.135. The summed E-state index contributed by atoms with van der Waals surface area (Å²) >= 11 is 0. The number of hydrogen-bond donors (Lipinski definition) is 1. The van der Waals surface area contributed by atoms with Gasteiger partial charge in [-0.25, -0.2) is 9.07 Å². The van der Waals surface area contributed by atoms with Gasteiger partial charge < -0.3 is 5.32 Å². The van der Waals surface area contributed by atoms with Crippen LogP contribution in [-0.2, 0) is 4.79 Å². The third-order valence-electron chi connectivity index (χ3n) is 4.38. The van der Waals surface area contributed by atoms with E-state index < -0.39 is 0 Å². The number of aryl methyl sites for hydroxylation is 1. The van der Waals surface area contributed by atoms with E-state index in [0.29, 0.717) is 11.4 Å². The zero-order valence-corrected chi connectivity index (χ0v) is 13.2. The van der Waals surface area contributed by atoms with Crippen LogP contribution in [-0.4, -0.2) is 15.7 Å². The van der Waals surface area contributed by atoms with Gasteiger partial charge in [-0.2, -0.15) is 5.10 Å². The minimum Gasteiger partial charge on any atom is -0.310 e. The van der Waals surface area contributed by atoms with Crippen molar-refractivity contribution >= 4 is 11.7 Å². The number of nitrogens with one attached hydrogen (secondary N) is 1. The van der Waals surface area contributed by atoms with Gasteiger partial charge in [0.15, 0.2) is 0 Å². The summed E-state index contributed by atoms with van der Waals surface area (Å²) in [6.07, 6.45) is 1.93. The molecule has 1 atom stereocenters. The predicted octanol–water partition coefficient (Wildman–Crippen LogP) is 3.79. The van der Waals surface area contributed by atoms with E-state index in [0.717, 1.165) is 16.8 Å². The molecule has 0 spiro atoms. The molecular weight excluding hydrogens is 305 g/mol. The molecule has 0 saturated heterocycles. The van der Waals surface area contributed by atoms with Crippen molar-refractivity contribution in [2.75, 3.05) is 5.32 Å². The number of rotatable bonds is 2. The van der Waals surface area contributed by atoms with E-state index >= 15 is 0 Å². The van der Waals surface area contributed by atoms with E-state index in [1.54, 1.807) is 29.1 Å². The van der Waals surface area contributed by atoms with Crippen LogP contribution in [0, 0.1) is 12.7 Å². The number of nitrogens with zero attached hydrogens (tertiary/aromatic N) is 2. The van der Waals surface area contributed by atoms with E-state index in [-0.39, 0.29) is 24.1 Å². The lowest BCUT2D eigenvalue weighted by Crippen LogP contribution is -2.25. The number of benzene rings is 2. The number of aromatic nitrogens is 2. The van der Waals surface area contributed by atoms with Crippen LogP contribution in [0.2, 0.25) is 0 Å². The van der Waals surface area contributed by atoms with Crippen LogP contribution in [0.3, 0.4) is 0 Å². The van der Waals surface area contributed by atoms with Crippen molar-refractivity contribution in [1.29, 1.82) is 0 Å². The Labute approximate surface area is 138 Å². The third kappa shape index (κ3) is 2.38. The standard InChI is InChI=1S/C19H16FN3O/c1-12-6-8-13(9-7-12)23-19-16(11-21-23)15(10-18(24)22-19)14-4-2-3-5-17(14)20/h2-9,11,15H,10H2,1H3,(H,22,24)/t15-/m0/s1. The molecule has 0 unspecified atom stereocenters. The molecule has 2 aromatic carbocycles. The molecule has 5 heteroatoms. The highest BCUT2D eigenvalue weighted by Crippen LogP contribution is 2.38. The topological polar surface area (TPSA) is 46.9 Å². The Morgan fingerprint density at radius 2 is 1.88 bits per heavy atom. The van der Waals surface area contributed by atoms with Gasteiger partial charge in [-0.3, -0.25) is 4.79 Å². The van der Waals surface area contributed by atoms with Crippen LogP contribution in [0.1, 0.15) is 29.0 Å². The maximum Gasteiger partial charge on any atom is 0.226 e. The smallest absolute Gasteiger partial charge is 0.226 e. The second-order valence-corrected chi connectivity index (χ2v) is 6.02. The molecule has 0 radical (unpaired) electrons. The van der Waals surface area contributed by atoms with Crippen molar-refractivity contribution in [2.24, 2.45) is 0 Å². The van der Waals surface area contributed by atoms with Crippen LogP contribution in [0.15, 0.2) is 54.7 Å². The van der Waals surface area contributed by atoms with E-state index in [2.05, 4.69) is 10.4 Å². The molecule has 24 heavy (non-hydrogen) atoms. The van der Waals surface area contributed by atoms with Gasteiger partial charge in [0, 0.05) is 17.9 Å². The van der Waals surface area contributed by atoms with Crippen molar-refractivity contribution < 1.29 is 9.18 Å². The summed E-state index contributed by atoms with van der Waals surface area (Å²) in [7, 11) is 0. The summed E-state index contributed by atoms with van der Waals surface area (Å²) in [5.74, 6) is -0.145. The normalized spacial score (nSPS) is 16.6. The van der Waals surface area contributed by atoms with Crippen LogP contribution in [0.5, 0.6) is 0 Å². The van der Waals surface area contributed by atoms with Gasteiger partial charge in [-0.15, -0.1) is 0 Å². The lowest BCUT2D eigenvalue weighted by atomic mass is 9.87. The molecule has 0 saturated carbocycles. The maximum absolute atomic E-state index is 14.2. The van der Waals surface area contributed by atoms with Crippen LogP contribution < -0.4 is 5.32 Å². The SMILES string of the molecule is Cc1ccc(-n2ncc3c2NC(=O)C[C@H]3c2ccccc2F)cc1. The van der Waals surface area contributed by atoms with Crippen molar-refractivity contribution in [3.8, 4) is 5.69 Å². The number of carbonyl (C=O) groups excluding carboxylic acids is 1. The summed E-state index contributed by atoms with van der Waals surface area (Å²) in [5.41, 5.74) is 3.36. The fourth-order valence-electron chi connectivity index (χ4n) is 3.14. The fraction of sp³-hybridized carbons (Fsp3) is 0.158. The van der Waals surface area contributed by atoms with Gasteiger partial charge in [0.2, 0.25) is 5.91 Å². The maximum atomic E-state index is 14.2. The highest BCUT2D eigenvalue weighted by atomic mass is 19.1. The average Bonchev–Trinajstić information content (AvgIpc) is 2.99. The highest BCUT2D eigenvalue weighted by Gasteiger charge is 2.31. The van der Waals surface area contributed by atoms with E-state index in [4.69, 9.17) is 0 Å². The summed E-state index contributed by atoms with van der Waals surface area (Å²) in [4.78, 5) is 12.2. The van der Waals surface area contributed by atoms with Crippen LogP contribution in [0.25, 0.3) is 5.69 Å². The van der Waals surface area contributed by atoms with Crippen LogP contribution in [0.4, 0.5) is 10.2 Å². The number of hydrogen-bond acceptors (Lipinski definition) is 2. The van der Waals surface area contributed by atoms with Crippen molar-refractivity contribution in [2.45, 2.75) is 19.3 Å². The highest BCUT2D eigenvalue weighted by molar-refractivity contribution is 5.94. The molecule has 2 heterocycles. The number of halogens is 1. The van der Waals surface area contributed by atoms with Gasteiger partial charge >= 0.3 is 0 Å².